The second-order valence-corrected chi connectivity index (χ2v) is 7.54. The van der Waals surface area contributed by atoms with Gasteiger partial charge in [-0.05, 0) is 43.3 Å². The fraction of sp³-hybridized carbons (Fsp3) is 0.316. The number of nitrogens with one attached hydrogen (secondary N) is 2. The molecule has 14 heteroatoms. The summed E-state index contributed by atoms with van der Waals surface area (Å²) < 4.78 is 29.8. The highest BCUT2D eigenvalue weighted by Gasteiger charge is 2.23. The number of hydrogen-bond acceptors (Lipinski definition) is 10. The quantitative estimate of drug-likeness (QED) is 0.538. The molecular formula is C19H20FN7O6. The van der Waals surface area contributed by atoms with Crippen LogP contribution in [0.5, 0.6) is 5.75 Å². The molecule has 2 aromatic heterocycles. The minimum absolute atomic E-state index is 0.0410. The Hall–Kier alpha value is -4.36. The summed E-state index contributed by atoms with van der Waals surface area (Å²) in [7, 11) is 2.33. The fourth-order valence-electron chi connectivity index (χ4n) is 2.64. The molecule has 13 nitrogen and oxygen atoms in total. The maximum atomic E-state index is 14.1. The van der Waals surface area contributed by atoms with Crippen LogP contribution in [0.3, 0.4) is 0 Å². The molecule has 0 saturated carbocycles. The molecule has 174 valence electrons. The Bertz CT molecular complexity index is 1240. The van der Waals surface area contributed by atoms with E-state index in [-0.39, 0.29) is 34.0 Å². The van der Waals surface area contributed by atoms with Crippen LogP contribution >= 0.6 is 0 Å². The Morgan fingerprint density at radius 2 is 1.79 bits per heavy atom. The van der Waals surface area contributed by atoms with E-state index < -0.39 is 29.4 Å². The van der Waals surface area contributed by atoms with Gasteiger partial charge in [0.05, 0.1) is 31.2 Å². The molecule has 0 atom stereocenters. The summed E-state index contributed by atoms with van der Waals surface area (Å²) >= 11 is 0. The van der Waals surface area contributed by atoms with Crippen LogP contribution in [-0.4, -0.2) is 63.0 Å². The Morgan fingerprint density at radius 1 is 1.06 bits per heavy atom. The first-order valence-electron chi connectivity index (χ1n) is 9.39. The van der Waals surface area contributed by atoms with Crippen molar-refractivity contribution in [2.24, 2.45) is 0 Å². The summed E-state index contributed by atoms with van der Waals surface area (Å²) in [4.78, 5) is 37.1. The molecule has 3 rings (SSSR count). The van der Waals surface area contributed by atoms with Crippen molar-refractivity contribution in [2.45, 2.75) is 26.4 Å². The average molecular weight is 461 g/mol. The summed E-state index contributed by atoms with van der Waals surface area (Å²) in [6.07, 6.45) is -0.804. The molecule has 0 saturated heterocycles. The van der Waals surface area contributed by atoms with Crippen LogP contribution < -0.4 is 15.4 Å². The van der Waals surface area contributed by atoms with Gasteiger partial charge in [0, 0.05) is 6.07 Å². The van der Waals surface area contributed by atoms with Crippen molar-refractivity contribution >= 4 is 35.0 Å². The Balaban J connectivity index is 1.97. The lowest BCUT2D eigenvalue weighted by molar-refractivity contribution is 0.0598. The van der Waals surface area contributed by atoms with E-state index in [0.29, 0.717) is 0 Å². The lowest BCUT2D eigenvalue weighted by atomic mass is 10.1. The van der Waals surface area contributed by atoms with Crippen molar-refractivity contribution in [3.8, 4) is 5.75 Å². The summed E-state index contributed by atoms with van der Waals surface area (Å²) in [5, 5.41) is 19.7. The molecule has 2 amide bonds. The molecule has 3 aromatic rings. The van der Waals surface area contributed by atoms with E-state index in [9.17, 15) is 18.8 Å². The standard InChI is InChI=1S/C19H20FN7O6/c1-19(2,3)33-18(30)22-12-7-13(24-27-15(12)23-25-26-27)16(28)21-11-8-14(31-4)10(20)6-9(11)17(29)32-5/h6-8H,1-5H3,(H,21,28)(H,22,30). The van der Waals surface area contributed by atoms with E-state index in [4.69, 9.17) is 9.47 Å². The SMILES string of the molecule is COC(=O)c1cc(F)c(OC)cc1NC(=O)c1cc(NC(=O)OC(C)(C)C)c2nnnn2n1. The maximum Gasteiger partial charge on any atom is 0.412 e. The number of rotatable bonds is 5. The minimum Gasteiger partial charge on any atom is -0.494 e. The number of fused-ring (bicyclic) bond motifs is 1. The van der Waals surface area contributed by atoms with E-state index in [1.807, 2.05) is 0 Å². The van der Waals surface area contributed by atoms with E-state index in [2.05, 4.69) is 36.0 Å². The van der Waals surface area contributed by atoms with Gasteiger partial charge in [0.2, 0.25) is 5.65 Å². The van der Waals surface area contributed by atoms with E-state index in [0.717, 1.165) is 23.9 Å². The Labute approximate surface area is 186 Å². The van der Waals surface area contributed by atoms with Crippen molar-refractivity contribution in [1.29, 1.82) is 0 Å². The molecule has 0 fully saturated rings. The van der Waals surface area contributed by atoms with Crippen molar-refractivity contribution in [1.82, 2.24) is 25.3 Å². The summed E-state index contributed by atoms with van der Waals surface area (Å²) in [6.45, 7) is 5.05. The van der Waals surface area contributed by atoms with Crippen LogP contribution in [0, 0.1) is 5.82 Å². The normalized spacial score (nSPS) is 11.1. The molecule has 0 aliphatic rings. The van der Waals surface area contributed by atoms with E-state index >= 15 is 0 Å². The largest absolute Gasteiger partial charge is 0.494 e. The predicted octanol–water partition coefficient (Wildman–Crippen LogP) is 2.05. The van der Waals surface area contributed by atoms with Gasteiger partial charge >= 0.3 is 12.1 Å². The van der Waals surface area contributed by atoms with Crippen LogP contribution in [0.25, 0.3) is 5.65 Å². The lowest BCUT2D eigenvalue weighted by Crippen LogP contribution is -2.27. The average Bonchev–Trinajstić information content (AvgIpc) is 3.21. The Morgan fingerprint density at radius 3 is 2.42 bits per heavy atom. The molecule has 0 radical (unpaired) electrons. The number of tetrazole rings is 1. The van der Waals surface area contributed by atoms with Crippen LogP contribution in [0.4, 0.5) is 20.6 Å². The Kier molecular flexibility index (Phi) is 6.37. The highest BCUT2D eigenvalue weighted by Crippen LogP contribution is 2.27. The first-order chi connectivity index (χ1) is 15.5. The van der Waals surface area contributed by atoms with Crippen LogP contribution in [0.1, 0.15) is 41.6 Å². The summed E-state index contributed by atoms with van der Waals surface area (Å²) in [6, 6.07) is 3.20. The van der Waals surface area contributed by atoms with Crippen LogP contribution in [0.15, 0.2) is 18.2 Å². The second-order valence-electron chi connectivity index (χ2n) is 7.54. The number of hydrogen-bond donors (Lipinski definition) is 2. The summed E-state index contributed by atoms with van der Waals surface area (Å²) in [5.41, 5.74) is -1.26. The number of nitrogens with zero attached hydrogens (tertiary/aromatic N) is 5. The van der Waals surface area contributed by atoms with Crippen molar-refractivity contribution in [3.63, 3.8) is 0 Å². The number of methoxy groups -OCH3 is 2. The van der Waals surface area contributed by atoms with Gasteiger partial charge in [-0.25, -0.2) is 14.0 Å². The van der Waals surface area contributed by atoms with Crippen molar-refractivity contribution in [2.75, 3.05) is 24.9 Å². The third kappa shape index (κ3) is 5.28. The number of esters is 1. The lowest BCUT2D eigenvalue weighted by Gasteiger charge is -2.19. The number of carbonyl (C=O) groups is 3. The van der Waals surface area contributed by atoms with Gasteiger partial charge in [-0.15, -0.1) is 14.8 Å². The fourth-order valence-corrected chi connectivity index (χ4v) is 2.64. The van der Waals surface area contributed by atoms with Gasteiger partial charge in [0.1, 0.15) is 5.60 Å². The van der Waals surface area contributed by atoms with Crippen molar-refractivity contribution < 1.29 is 33.0 Å². The van der Waals surface area contributed by atoms with Gasteiger partial charge < -0.3 is 19.5 Å². The molecule has 0 aliphatic carbocycles. The maximum absolute atomic E-state index is 14.1. The van der Waals surface area contributed by atoms with Crippen LogP contribution in [0.2, 0.25) is 0 Å². The predicted molar refractivity (Wildman–Crippen MR) is 111 cm³/mol. The summed E-state index contributed by atoms with van der Waals surface area (Å²) in [5.74, 6) is -2.75. The monoisotopic (exact) mass is 461 g/mol. The molecule has 0 aliphatic heterocycles. The number of ether oxygens (including phenoxy) is 3. The number of amides is 2. The zero-order valence-corrected chi connectivity index (χ0v) is 18.3. The topological polar surface area (TPSA) is 159 Å². The minimum atomic E-state index is -0.886. The van der Waals surface area contributed by atoms with Gasteiger partial charge in [0.15, 0.2) is 17.3 Å². The molecule has 0 spiro atoms. The number of anilines is 2. The number of benzene rings is 1. The molecule has 0 unspecified atom stereocenters. The van der Waals surface area contributed by atoms with Gasteiger partial charge in [-0.2, -0.15) is 0 Å². The number of aromatic nitrogens is 5. The zero-order chi connectivity index (χ0) is 24.3. The second kappa shape index (κ2) is 9.02. The van der Waals surface area contributed by atoms with Gasteiger partial charge in [-0.3, -0.25) is 10.1 Å². The zero-order valence-electron chi connectivity index (χ0n) is 18.3. The van der Waals surface area contributed by atoms with Crippen LogP contribution in [-0.2, 0) is 9.47 Å². The number of halogens is 1. The third-order valence-electron chi connectivity index (χ3n) is 3.99. The van der Waals surface area contributed by atoms with Crippen molar-refractivity contribution in [3.05, 3.63) is 35.3 Å². The smallest absolute Gasteiger partial charge is 0.412 e. The highest BCUT2D eigenvalue weighted by molar-refractivity contribution is 6.08. The molecule has 0 bridgehead atoms. The molecule has 2 N–H and O–H groups in total. The third-order valence-corrected chi connectivity index (χ3v) is 3.99. The highest BCUT2D eigenvalue weighted by atomic mass is 19.1. The molecule has 1 aromatic carbocycles. The van der Waals surface area contributed by atoms with Gasteiger partial charge in [-0.1, -0.05) is 0 Å². The molecular weight excluding hydrogens is 441 g/mol. The first-order valence-corrected chi connectivity index (χ1v) is 9.39. The number of carbonyl (C=O) groups excluding carboxylic acids is 3. The van der Waals surface area contributed by atoms with E-state index in [1.54, 1.807) is 20.8 Å². The van der Waals surface area contributed by atoms with E-state index in [1.165, 1.54) is 13.2 Å². The van der Waals surface area contributed by atoms with Gasteiger partial charge in [0.25, 0.3) is 5.91 Å². The molecule has 33 heavy (non-hydrogen) atoms. The first kappa shape index (κ1) is 23.3. The molecule has 2 heterocycles.